The molecule has 0 spiro atoms. The monoisotopic (exact) mass is 585 g/mol. The summed E-state index contributed by atoms with van der Waals surface area (Å²) < 4.78 is 12.6. The van der Waals surface area contributed by atoms with E-state index in [1.807, 2.05) is 13.8 Å². The first-order valence-corrected chi connectivity index (χ1v) is 13.3. The molecule has 43 heavy (non-hydrogen) atoms. The molecule has 0 aliphatic carbocycles. The minimum absolute atomic E-state index is 0.0675. The van der Waals surface area contributed by atoms with Crippen molar-refractivity contribution in [3.63, 3.8) is 0 Å². The van der Waals surface area contributed by atoms with Crippen LogP contribution in [-0.4, -0.2) is 47.5 Å². The van der Waals surface area contributed by atoms with Crippen LogP contribution in [0.2, 0.25) is 0 Å². The van der Waals surface area contributed by atoms with Crippen molar-refractivity contribution in [2.24, 2.45) is 0 Å². The Balaban J connectivity index is 1.78. The summed E-state index contributed by atoms with van der Waals surface area (Å²) in [6, 6.07) is 17.0. The number of benzene rings is 2. The molecule has 4 N–H and O–H groups in total. The van der Waals surface area contributed by atoms with Gasteiger partial charge in [0.25, 0.3) is 11.1 Å². The third kappa shape index (κ3) is 5.43. The molecule has 5 rings (SSSR count). The minimum atomic E-state index is -1.53. The summed E-state index contributed by atoms with van der Waals surface area (Å²) in [5, 5.41) is 23.0. The number of ether oxygens (including phenoxy) is 2. The molecule has 5 aromatic rings. The summed E-state index contributed by atoms with van der Waals surface area (Å²) in [4.78, 5) is 61.2. The van der Waals surface area contributed by atoms with Gasteiger partial charge in [-0.15, -0.1) is 0 Å². The molecule has 0 fully saturated rings. The third-order valence-corrected chi connectivity index (χ3v) is 6.61. The Morgan fingerprint density at radius 3 is 1.51 bits per heavy atom. The maximum absolute atomic E-state index is 13.4. The van der Waals surface area contributed by atoms with Gasteiger partial charge in [0, 0.05) is 6.20 Å². The van der Waals surface area contributed by atoms with Crippen LogP contribution in [0.5, 0.6) is 23.3 Å². The molecule has 13 nitrogen and oxygen atoms in total. The highest BCUT2D eigenvalue weighted by atomic mass is 16.5. The zero-order chi connectivity index (χ0) is 30.7. The Hall–Kier alpha value is -5.85. The van der Waals surface area contributed by atoms with Crippen LogP contribution in [0.15, 0.2) is 92.1 Å². The molecule has 0 unspecified atom stereocenters. The molecular weight excluding hydrogens is 558 g/mol. The standard InChI is InChI=1S/C30H27N5O8/c1-3-42-19-12-8-17(9-13-19)34-27(38)23(25(36)32-29(34)40)22(21-7-5-6-16-31-21)24-26(37)33-30(41)35(28(24)39)18-10-14-20(15-11-18)43-4-2/h5-16,22,38-39H,3-4H2,1-2H3,(H,32,36,40)(H,33,37,41). The second-order valence-corrected chi connectivity index (χ2v) is 9.21. The van der Waals surface area contributed by atoms with Crippen molar-refractivity contribution in [3.05, 3.63) is 131 Å². The molecule has 0 bridgehead atoms. The van der Waals surface area contributed by atoms with Crippen LogP contribution in [0.3, 0.4) is 0 Å². The highest BCUT2D eigenvalue weighted by Crippen LogP contribution is 2.36. The van der Waals surface area contributed by atoms with Gasteiger partial charge in [-0.25, -0.2) is 18.7 Å². The second-order valence-electron chi connectivity index (χ2n) is 9.21. The maximum atomic E-state index is 13.4. The molecule has 0 aliphatic heterocycles. The summed E-state index contributed by atoms with van der Waals surface area (Å²) >= 11 is 0. The van der Waals surface area contributed by atoms with E-state index in [9.17, 15) is 29.4 Å². The first kappa shape index (κ1) is 28.7. The van der Waals surface area contributed by atoms with Crippen molar-refractivity contribution >= 4 is 0 Å². The molecular formula is C30H27N5O8. The number of H-pyrrole nitrogens is 2. The first-order valence-electron chi connectivity index (χ1n) is 13.3. The number of hydrogen-bond donors (Lipinski definition) is 4. The smallest absolute Gasteiger partial charge is 0.335 e. The SMILES string of the molecule is CCOc1ccc(-n2c(O)c(C(c3ccccn3)c3c(O)n(-c4ccc(OCC)cc4)c(=O)[nH]c3=O)c(=O)[nH]c2=O)cc1. The number of hydrogen-bond acceptors (Lipinski definition) is 9. The second kappa shape index (κ2) is 11.9. The number of nitrogens with one attached hydrogen (secondary N) is 2. The van der Waals surface area contributed by atoms with Crippen LogP contribution in [0.1, 0.15) is 36.6 Å². The fourth-order valence-corrected chi connectivity index (χ4v) is 4.78. The average Bonchev–Trinajstić information content (AvgIpc) is 2.98. The normalized spacial score (nSPS) is 11.0. The van der Waals surface area contributed by atoms with E-state index in [2.05, 4.69) is 15.0 Å². The van der Waals surface area contributed by atoms with Crippen LogP contribution in [0.4, 0.5) is 0 Å². The van der Waals surface area contributed by atoms with E-state index in [1.54, 1.807) is 36.4 Å². The van der Waals surface area contributed by atoms with Crippen molar-refractivity contribution in [1.82, 2.24) is 24.1 Å². The van der Waals surface area contributed by atoms with Crippen molar-refractivity contribution in [2.45, 2.75) is 19.8 Å². The number of rotatable bonds is 9. The highest BCUT2D eigenvalue weighted by Gasteiger charge is 2.33. The lowest BCUT2D eigenvalue weighted by molar-refractivity contribution is 0.340. The zero-order valence-electron chi connectivity index (χ0n) is 23.1. The number of nitrogens with zero attached hydrogens (tertiary/aromatic N) is 3. The predicted octanol–water partition coefficient (Wildman–Crippen LogP) is 2.15. The minimum Gasteiger partial charge on any atom is -0.494 e. The number of aromatic hydroxyl groups is 2. The van der Waals surface area contributed by atoms with Gasteiger partial charge in [0.2, 0.25) is 11.8 Å². The fraction of sp³-hybridized carbons (Fsp3) is 0.167. The van der Waals surface area contributed by atoms with Crippen LogP contribution in [0.25, 0.3) is 11.4 Å². The number of aromatic nitrogens is 5. The summed E-state index contributed by atoms with van der Waals surface area (Å²) in [6.07, 6.45) is 1.39. The predicted molar refractivity (Wildman–Crippen MR) is 156 cm³/mol. The van der Waals surface area contributed by atoms with Gasteiger partial charge in [-0.3, -0.25) is 24.5 Å². The van der Waals surface area contributed by atoms with E-state index in [1.165, 1.54) is 36.5 Å². The Morgan fingerprint density at radius 2 is 1.14 bits per heavy atom. The van der Waals surface area contributed by atoms with Gasteiger partial charge in [0.1, 0.15) is 11.5 Å². The molecule has 220 valence electrons. The number of aromatic amines is 2. The lowest BCUT2D eigenvalue weighted by Crippen LogP contribution is -2.36. The first-order chi connectivity index (χ1) is 20.7. The lowest BCUT2D eigenvalue weighted by atomic mass is 9.90. The molecule has 0 atom stereocenters. The van der Waals surface area contributed by atoms with Crippen LogP contribution >= 0.6 is 0 Å². The lowest BCUT2D eigenvalue weighted by Gasteiger charge is -2.21. The fourth-order valence-electron chi connectivity index (χ4n) is 4.78. The molecule has 0 saturated heterocycles. The van der Waals surface area contributed by atoms with Gasteiger partial charge in [-0.05, 0) is 74.5 Å². The van der Waals surface area contributed by atoms with Crippen LogP contribution in [-0.2, 0) is 0 Å². The van der Waals surface area contributed by atoms with E-state index in [-0.39, 0.29) is 17.1 Å². The average molecular weight is 586 g/mol. The van der Waals surface area contributed by atoms with E-state index in [4.69, 9.17) is 9.47 Å². The molecule has 0 aliphatic rings. The molecule has 0 amide bonds. The van der Waals surface area contributed by atoms with Crippen molar-refractivity contribution in [1.29, 1.82) is 0 Å². The summed E-state index contributed by atoms with van der Waals surface area (Å²) in [5.41, 5.74) is -4.47. The van der Waals surface area contributed by atoms with Crippen molar-refractivity contribution in [2.75, 3.05) is 13.2 Å². The van der Waals surface area contributed by atoms with Gasteiger partial charge in [0.15, 0.2) is 0 Å². The van der Waals surface area contributed by atoms with Crippen molar-refractivity contribution in [3.8, 4) is 34.6 Å². The molecule has 0 radical (unpaired) electrons. The zero-order valence-corrected chi connectivity index (χ0v) is 23.1. The van der Waals surface area contributed by atoms with Crippen LogP contribution in [0, 0.1) is 0 Å². The third-order valence-electron chi connectivity index (χ3n) is 6.61. The topological polar surface area (TPSA) is 182 Å². The maximum Gasteiger partial charge on any atom is 0.335 e. The van der Waals surface area contributed by atoms with Gasteiger partial charge in [-0.2, -0.15) is 0 Å². The molecule has 13 heteroatoms. The molecule has 3 aromatic heterocycles. The van der Waals surface area contributed by atoms with Crippen molar-refractivity contribution < 1.29 is 19.7 Å². The van der Waals surface area contributed by atoms with E-state index < -0.39 is 51.3 Å². The molecule has 3 heterocycles. The quantitative estimate of drug-likeness (QED) is 0.201. The van der Waals surface area contributed by atoms with Gasteiger partial charge >= 0.3 is 11.4 Å². The van der Waals surface area contributed by atoms with E-state index >= 15 is 0 Å². The Kier molecular flexibility index (Phi) is 7.96. The largest absolute Gasteiger partial charge is 0.494 e. The van der Waals surface area contributed by atoms with E-state index in [0.29, 0.717) is 24.7 Å². The summed E-state index contributed by atoms with van der Waals surface area (Å²) in [6.45, 7) is 4.45. The van der Waals surface area contributed by atoms with Gasteiger partial charge in [-0.1, -0.05) is 6.07 Å². The summed E-state index contributed by atoms with van der Waals surface area (Å²) in [7, 11) is 0. The Morgan fingerprint density at radius 1 is 0.698 bits per heavy atom. The Bertz CT molecular complexity index is 1870. The molecule has 2 aromatic carbocycles. The van der Waals surface area contributed by atoms with Crippen LogP contribution < -0.4 is 32.0 Å². The Labute approximate surface area is 242 Å². The summed E-state index contributed by atoms with van der Waals surface area (Å²) in [5.74, 6) is -2.10. The van der Waals surface area contributed by atoms with E-state index in [0.717, 1.165) is 9.13 Å². The molecule has 0 saturated carbocycles. The van der Waals surface area contributed by atoms with Gasteiger partial charge in [0.05, 0.1) is 47.3 Å². The highest BCUT2D eigenvalue weighted by molar-refractivity contribution is 5.51. The number of pyridine rings is 1. The van der Waals surface area contributed by atoms with Gasteiger partial charge < -0.3 is 19.7 Å².